The van der Waals surface area contributed by atoms with Crippen molar-refractivity contribution in [3.63, 3.8) is 0 Å². The minimum Gasteiger partial charge on any atom is -0.480 e. The largest absolute Gasteiger partial charge is 0.480 e. The third kappa shape index (κ3) is 3.13. The van der Waals surface area contributed by atoms with Crippen LogP contribution in [0.15, 0.2) is 18.3 Å². The third-order valence-electron chi connectivity index (χ3n) is 3.38. The average molecular weight is 250 g/mol. The summed E-state index contributed by atoms with van der Waals surface area (Å²) in [7, 11) is 1.65. The van der Waals surface area contributed by atoms with E-state index in [4.69, 9.17) is 9.47 Å². The summed E-state index contributed by atoms with van der Waals surface area (Å²) in [5, 5.41) is 3.52. The van der Waals surface area contributed by atoms with Crippen molar-refractivity contribution in [1.29, 1.82) is 0 Å². The monoisotopic (exact) mass is 250 g/mol. The Hall–Kier alpha value is -1.29. The Morgan fingerprint density at radius 3 is 3.06 bits per heavy atom. The number of pyridine rings is 1. The number of hydrogen-bond acceptors (Lipinski definition) is 4. The molecule has 2 unspecified atom stereocenters. The minimum atomic E-state index is 0.346. The molecule has 1 fully saturated rings. The van der Waals surface area contributed by atoms with Crippen LogP contribution >= 0.6 is 0 Å². The normalized spacial score (nSPS) is 24.0. The molecule has 0 aliphatic carbocycles. The molecule has 0 saturated carbocycles. The first kappa shape index (κ1) is 13.1. The maximum Gasteiger partial charge on any atom is 0.237 e. The van der Waals surface area contributed by atoms with Gasteiger partial charge < -0.3 is 14.8 Å². The highest BCUT2D eigenvalue weighted by Crippen LogP contribution is 2.26. The topological polar surface area (TPSA) is 43.4 Å². The van der Waals surface area contributed by atoms with Crippen molar-refractivity contribution in [1.82, 2.24) is 4.98 Å². The Morgan fingerprint density at radius 2 is 2.33 bits per heavy atom. The molecular weight excluding hydrogens is 228 g/mol. The van der Waals surface area contributed by atoms with Crippen LogP contribution in [0.5, 0.6) is 5.88 Å². The van der Waals surface area contributed by atoms with E-state index >= 15 is 0 Å². The van der Waals surface area contributed by atoms with E-state index in [0.717, 1.165) is 25.1 Å². The van der Waals surface area contributed by atoms with Crippen molar-refractivity contribution in [2.75, 3.05) is 19.0 Å². The van der Waals surface area contributed by atoms with Gasteiger partial charge in [-0.3, -0.25) is 0 Å². The van der Waals surface area contributed by atoms with Gasteiger partial charge in [0.1, 0.15) is 0 Å². The Bertz CT molecular complexity index is 382. The van der Waals surface area contributed by atoms with Crippen LogP contribution in [0, 0.1) is 5.92 Å². The van der Waals surface area contributed by atoms with Crippen LogP contribution in [0.3, 0.4) is 0 Å². The fourth-order valence-electron chi connectivity index (χ4n) is 2.31. The SMILES string of the molecule is COc1ncccc1NC1CCOC(C(C)C)C1. The second-order valence-corrected chi connectivity index (χ2v) is 5.08. The van der Waals surface area contributed by atoms with Crippen LogP contribution < -0.4 is 10.1 Å². The lowest BCUT2D eigenvalue weighted by atomic mass is 9.95. The molecule has 0 bridgehead atoms. The standard InChI is InChI=1S/C14H22N2O2/c1-10(2)13-9-11(6-8-18-13)16-12-5-4-7-15-14(12)17-3/h4-5,7,10-11,13,16H,6,8-9H2,1-3H3. The van der Waals surface area contributed by atoms with Crippen LogP contribution in [0.1, 0.15) is 26.7 Å². The molecular formula is C14H22N2O2. The summed E-state index contributed by atoms with van der Waals surface area (Å²) in [5.74, 6) is 1.22. The maximum atomic E-state index is 5.78. The first-order valence-electron chi connectivity index (χ1n) is 6.58. The number of methoxy groups -OCH3 is 1. The van der Waals surface area contributed by atoms with Gasteiger partial charge in [0.2, 0.25) is 5.88 Å². The van der Waals surface area contributed by atoms with E-state index in [-0.39, 0.29) is 0 Å². The Labute approximate surface area is 109 Å². The van der Waals surface area contributed by atoms with Crippen LogP contribution in [-0.2, 0) is 4.74 Å². The van der Waals surface area contributed by atoms with E-state index in [2.05, 4.69) is 24.1 Å². The van der Waals surface area contributed by atoms with E-state index in [9.17, 15) is 0 Å². The molecule has 4 nitrogen and oxygen atoms in total. The van der Waals surface area contributed by atoms with Gasteiger partial charge >= 0.3 is 0 Å². The summed E-state index contributed by atoms with van der Waals surface area (Å²) in [6.07, 6.45) is 4.15. The molecule has 0 radical (unpaired) electrons. The Balaban J connectivity index is 2.00. The Morgan fingerprint density at radius 1 is 1.50 bits per heavy atom. The highest BCUT2D eigenvalue weighted by Gasteiger charge is 2.25. The molecule has 2 atom stereocenters. The van der Waals surface area contributed by atoms with Crippen molar-refractivity contribution in [2.24, 2.45) is 5.92 Å². The molecule has 0 aromatic carbocycles. The lowest BCUT2D eigenvalue weighted by molar-refractivity contribution is -0.0161. The van der Waals surface area contributed by atoms with E-state index < -0.39 is 0 Å². The maximum absolute atomic E-state index is 5.78. The molecule has 1 saturated heterocycles. The van der Waals surface area contributed by atoms with Gasteiger partial charge in [-0.05, 0) is 30.9 Å². The Kier molecular flexibility index (Phi) is 4.42. The lowest BCUT2D eigenvalue weighted by Gasteiger charge is -2.33. The van der Waals surface area contributed by atoms with Crippen molar-refractivity contribution < 1.29 is 9.47 Å². The van der Waals surface area contributed by atoms with Gasteiger partial charge in [-0.25, -0.2) is 4.98 Å². The quantitative estimate of drug-likeness (QED) is 0.892. The lowest BCUT2D eigenvalue weighted by Crippen LogP contribution is -2.36. The van der Waals surface area contributed by atoms with Crippen LogP contribution in [0.25, 0.3) is 0 Å². The summed E-state index contributed by atoms with van der Waals surface area (Å²) in [5.41, 5.74) is 0.967. The fourth-order valence-corrected chi connectivity index (χ4v) is 2.31. The smallest absolute Gasteiger partial charge is 0.237 e. The van der Waals surface area contributed by atoms with Gasteiger partial charge in [-0.1, -0.05) is 13.8 Å². The highest BCUT2D eigenvalue weighted by molar-refractivity contribution is 5.52. The predicted octanol–water partition coefficient (Wildman–Crippen LogP) is 2.71. The van der Waals surface area contributed by atoms with Gasteiger partial charge in [0, 0.05) is 18.8 Å². The van der Waals surface area contributed by atoms with Crippen molar-refractivity contribution in [3.05, 3.63) is 18.3 Å². The summed E-state index contributed by atoms with van der Waals surface area (Å²) < 4.78 is 11.0. The minimum absolute atomic E-state index is 0.346. The van der Waals surface area contributed by atoms with E-state index in [0.29, 0.717) is 23.9 Å². The molecule has 1 aromatic rings. The van der Waals surface area contributed by atoms with Gasteiger partial charge in [0.25, 0.3) is 0 Å². The van der Waals surface area contributed by atoms with E-state index in [1.165, 1.54) is 0 Å². The first-order chi connectivity index (χ1) is 8.70. The van der Waals surface area contributed by atoms with Crippen molar-refractivity contribution >= 4 is 5.69 Å². The van der Waals surface area contributed by atoms with Crippen LogP contribution in [0.4, 0.5) is 5.69 Å². The van der Waals surface area contributed by atoms with Crippen molar-refractivity contribution in [3.8, 4) is 5.88 Å². The van der Waals surface area contributed by atoms with Crippen molar-refractivity contribution in [2.45, 2.75) is 38.8 Å². The van der Waals surface area contributed by atoms with Crippen LogP contribution in [0.2, 0.25) is 0 Å². The van der Waals surface area contributed by atoms with Gasteiger partial charge in [0.15, 0.2) is 0 Å². The van der Waals surface area contributed by atoms with E-state index in [1.807, 2.05) is 12.1 Å². The number of rotatable bonds is 4. The molecule has 100 valence electrons. The summed E-state index contributed by atoms with van der Waals surface area (Å²) in [6, 6.07) is 4.36. The zero-order valence-corrected chi connectivity index (χ0v) is 11.3. The molecule has 1 aliphatic heterocycles. The number of aromatic nitrogens is 1. The number of hydrogen-bond donors (Lipinski definition) is 1. The number of anilines is 1. The molecule has 0 spiro atoms. The number of nitrogens with zero attached hydrogens (tertiary/aromatic N) is 1. The fraction of sp³-hybridized carbons (Fsp3) is 0.643. The number of nitrogens with one attached hydrogen (secondary N) is 1. The summed E-state index contributed by atoms with van der Waals surface area (Å²) in [4.78, 5) is 4.20. The zero-order chi connectivity index (χ0) is 13.0. The van der Waals surface area contributed by atoms with E-state index in [1.54, 1.807) is 13.3 Å². The zero-order valence-electron chi connectivity index (χ0n) is 11.3. The molecule has 1 aromatic heterocycles. The van der Waals surface area contributed by atoms with Gasteiger partial charge in [0.05, 0.1) is 18.9 Å². The second kappa shape index (κ2) is 6.05. The molecule has 18 heavy (non-hydrogen) atoms. The molecule has 2 rings (SSSR count). The predicted molar refractivity (Wildman–Crippen MR) is 72.0 cm³/mol. The van der Waals surface area contributed by atoms with Crippen LogP contribution in [-0.4, -0.2) is 30.8 Å². The third-order valence-corrected chi connectivity index (χ3v) is 3.38. The first-order valence-corrected chi connectivity index (χ1v) is 6.58. The summed E-state index contributed by atoms with van der Waals surface area (Å²) >= 11 is 0. The molecule has 0 amide bonds. The summed E-state index contributed by atoms with van der Waals surface area (Å²) in [6.45, 7) is 5.23. The average Bonchev–Trinajstić information content (AvgIpc) is 2.39. The molecule has 2 heterocycles. The van der Waals surface area contributed by atoms with Gasteiger partial charge in [-0.15, -0.1) is 0 Å². The molecule has 4 heteroatoms. The molecule has 1 N–H and O–H groups in total. The highest BCUT2D eigenvalue weighted by atomic mass is 16.5. The molecule has 1 aliphatic rings. The number of ether oxygens (including phenoxy) is 2. The second-order valence-electron chi connectivity index (χ2n) is 5.08. The van der Waals surface area contributed by atoms with Gasteiger partial charge in [-0.2, -0.15) is 0 Å².